The van der Waals surface area contributed by atoms with E-state index >= 15 is 0 Å². The molecule has 9 heavy (non-hydrogen) atoms. The molecule has 1 N–H and O–H groups in total. The van der Waals surface area contributed by atoms with Crippen molar-refractivity contribution in [3.8, 4) is 0 Å². The third kappa shape index (κ3) is 1.37. The zero-order valence-corrected chi connectivity index (χ0v) is 4.72. The second-order valence-corrected chi connectivity index (χ2v) is 2.19. The van der Waals surface area contributed by atoms with Crippen LogP contribution in [0, 0.1) is 5.92 Å². The lowest BCUT2D eigenvalue weighted by atomic mass is 10.2. The first-order valence-electron chi connectivity index (χ1n) is 2.73. The quantitative estimate of drug-likeness (QED) is 0.347. The average molecular weight is 135 g/mol. The maximum absolute atomic E-state index is 12.3. The first-order chi connectivity index (χ1) is 4.17. The van der Waals surface area contributed by atoms with Gasteiger partial charge in [-0.25, -0.2) is 0 Å². The Morgan fingerprint density at radius 3 is 2.44 bits per heavy atom. The second-order valence-electron chi connectivity index (χ2n) is 2.19. The van der Waals surface area contributed by atoms with Crippen LogP contribution in [0.15, 0.2) is 5.16 Å². The second kappa shape index (κ2) is 1.93. The van der Waals surface area contributed by atoms with Crippen molar-refractivity contribution in [1.29, 1.82) is 0 Å². The SMILES string of the molecule is O/N=C/C(F)(F)C1CC1. The van der Waals surface area contributed by atoms with Crippen LogP contribution >= 0.6 is 0 Å². The summed E-state index contributed by atoms with van der Waals surface area (Å²) in [5, 5.41) is 10.1. The van der Waals surface area contributed by atoms with Crippen molar-refractivity contribution < 1.29 is 14.0 Å². The molecule has 4 heteroatoms. The summed E-state index contributed by atoms with van der Waals surface area (Å²) in [5.41, 5.74) is 0. The predicted octanol–water partition coefficient (Wildman–Crippen LogP) is 1.49. The molecule has 2 nitrogen and oxygen atoms in total. The van der Waals surface area contributed by atoms with Crippen molar-refractivity contribution in [3.05, 3.63) is 0 Å². The summed E-state index contributed by atoms with van der Waals surface area (Å²) in [4.78, 5) is 0. The van der Waals surface area contributed by atoms with Gasteiger partial charge in [-0.2, -0.15) is 8.78 Å². The van der Waals surface area contributed by atoms with Gasteiger partial charge in [-0.05, 0) is 12.8 Å². The molecule has 1 aliphatic rings. The van der Waals surface area contributed by atoms with Gasteiger partial charge < -0.3 is 5.21 Å². The Morgan fingerprint density at radius 2 is 2.11 bits per heavy atom. The fourth-order valence-electron chi connectivity index (χ4n) is 0.651. The highest BCUT2D eigenvalue weighted by atomic mass is 19.3. The Bertz CT molecular complexity index is 131. The van der Waals surface area contributed by atoms with Crippen molar-refractivity contribution in [2.75, 3.05) is 0 Å². The molecule has 0 amide bonds. The first kappa shape index (κ1) is 6.45. The van der Waals surface area contributed by atoms with Gasteiger partial charge in [0.15, 0.2) is 0 Å². The van der Waals surface area contributed by atoms with E-state index in [-0.39, 0.29) is 0 Å². The Morgan fingerprint density at radius 1 is 1.56 bits per heavy atom. The number of hydrogen-bond donors (Lipinski definition) is 1. The average Bonchev–Trinajstić information content (AvgIpc) is 2.41. The van der Waals surface area contributed by atoms with Gasteiger partial charge in [0, 0.05) is 5.92 Å². The molecule has 0 spiro atoms. The number of alkyl halides is 2. The number of halogens is 2. The van der Waals surface area contributed by atoms with Gasteiger partial charge in [-0.15, -0.1) is 0 Å². The van der Waals surface area contributed by atoms with Crippen LogP contribution < -0.4 is 0 Å². The Hall–Kier alpha value is -0.670. The lowest BCUT2D eigenvalue weighted by Gasteiger charge is -2.05. The van der Waals surface area contributed by atoms with Gasteiger partial charge >= 0.3 is 0 Å². The van der Waals surface area contributed by atoms with Crippen LogP contribution in [0.4, 0.5) is 8.78 Å². The highest BCUT2D eigenvalue weighted by Gasteiger charge is 2.45. The minimum Gasteiger partial charge on any atom is -0.411 e. The minimum atomic E-state index is -2.88. The van der Waals surface area contributed by atoms with Gasteiger partial charge in [0.05, 0.1) is 0 Å². The topological polar surface area (TPSA) is 32.6 Å². The fourth-order valence-corrected chi connectivity index (χ4v) is 0.651. The largest absolute Gasteiger partial charge is 0.411 e. The minimum absolute atomic E-state index is 0.296. The summed E-state index contributed by atoms with van der Waals surface area (Å²) in [6.07, 6.45) is 1.38. The molecule has 1 fully saturated rings. The Kier molecular flexibility index (Phi) is 1.38. The van der Waals surface area contributed by atoms with Gasteiger partial charge in [0.1, 0.15) is 6.21 Å². The molecule has 52 valence electrons. The molecule has 0 bridgehead atoms. The van der Waals surface area contributed by atoms with Crippen molar-refractivity contribution in [1.82, 2.24) is 0 Å². The van der Waals surface area contributed by atoms with Crippen LogP contribution in [0.1, 0.15) is 12.8 Å². The van der Waals surface area contributed by atoms with Crippen LogP contribution in [0.3, 0.4) is 0 Å². The maximum atomic E-state index is 12.3. The molecule has 0 aliphatic heterocycles. The normalized spacial score (nSPS) is 21.1. The molecule has 0 atom stereocenters. The summed E-state index contributed by atoms with van der Waals surface area (Å²) in [7, 11) is 0. The van der Waals surface area contributed by atoms with Crippen molar-refractivity contribution >= 4 is 6.21 Å². The van der Waals surface area contributed by atoms with Crippen LogP contribution in [-0.4, -0.2) is 17.3 Å². The van der Waals surface area contributed by atoms with E-state index in [1.807, 2.05) is 0 Å². The smallest absolute Gasteiger partial charge is 0.289 e. The molecule has 0 saturated heterocycles. The van der Waals surface area contributed by atoms with E-state index < -0.39 is 11.8 Å². The molecule has 0 heterocycles. The van der Waals surface area contributed by atoms with Crippen LogP contribution in [0.5, 0.6) is 0 Å². The third-order valence-corrected chi connectivity index (χ3v) is 1.35. The van der Waals surface area contributed by atoms with E-state index in [9.17, 15) is 8.78 Å². The monoisotopic (exact) mass is 135 g/mol. The number of nitrogens with zero attached hydrogens (tertiary/aromatic N) is 1. The molecule has 0 aromatic carbocycles. The molecule has 1 rings (SSSR count). The first-order valence-corrected chi connectivity index (χ1v) is 2.73. The molecule has 0 unspecified atom stereocenters. The summed E-state index contributed by atoms with van der Waals surface area (Å²) >= 11 is 0. The predicted molar refractivity (Wildman–Crippen MR) is 27.9 cm³/mol. The summed E-state index contributed by atoms with van der Waals surface area (Å²) in [6, 6.07) is 0. The zero-order valence-electron chi connectivity index (χ0n) is 4.72. The van der Waals surface area contributed by atoms with Crippen molar-refractivity contribution in [2.24, 2.45) is 11.1 Å². The molecule has 0 radical (unpaired) electrons. The van der Waals surface area contributed by atoms with E-state index in [1.54, 1.807) is 0 Å². The summed E-state index contributed by atoms with van der Waals surface area (Å²) in [6.45, 7) is 0. The van der Waals surface area contributed by atoms with Gasteiger partial charge in [-0.3, -0.25) is 0 Å². The molecule has 0 aromatic heterocycles. The molecule has 1 aliphatic carbocycles. The highest BCUT2D eigenvalue weighted by molar-refractivity contribution is 5.66. The number of rotatable bonds is 2. The van der Waals surface area contributed by atoms with E-state index in [4.69, 9.17) is 5.21 Å². The standard InChI is InChI=1S/C5H7F2NO/c6-5(7,3-8-9)4-1-2-4/h3-4,9H,1-2H2/b8-3+. The van der Waals surface area contributed by atoms with E-state index in [0.717, 1.165) is 0 Å². The molecule has 1 saturated carbocycles. The zero-order chi connectivity index (χ0) is 6.91. The maximum Gasteiger partial charge on any atom is 0.289 e. The lowest BCUT2D eigenvalue weighted by molar-refractivity contribution is 0.0556. The number of oxime groups is 1. The number of hydrogen-bond acceptors (Lipinski definition) is 2. The van der Waals surface area contributed by atoms with Gasteiger partial charge in [0.25, 0.3) is 5.92 Å². The van der Waals surface area contributed by atoms with Crippen LogP contribution in [0.2, 0.25) is 0 Å². The van der Waals surface area contributed by atoms with E-state index in [0.29, 0.717) is 19.1 Å². The molecule has 0 aromatic rings. The van der Waals surface area contributed by atoms with Gasteiger partial charge in [-0.1, -0.05) is 5.16 Å². The van der Waals surface area contributed by atoms with Crippen LogP contribution in [0.25, 0.3) is 0 Å². The van der Waals surface area contributed by atoms with Crippen LogP contribution in [-0.2, 0) is 0 Å². The highest BCUT2D eigenvalue weighted by Crippen LogP contribution is 2.41. The van der Waals surface area contributed by atoms with E-state index in [1.165, 1.54) is 0 Å². The summed E-state index contributed by atoms with van der Waals surface area (Å²) in [5.74, 6) is -3.46. The van der Waals surface area contributed by atoms with E-state index in [2.05, 4.69) is 5.16 Å². The third-order valence-electron chi connectivity index (χ3n) is 1.35. The molecular weight excluding hydrogens is 128 g/mol. The Balaban J connectivity index is 2.48. The summed E-state index contributed by atoms with van der Waals surface area (Å²) < 4.78 is 24.6. The van der Waals surface area contributed by atoms with Crippen molar-refractivity contribution in [2.45, 2.75) is 18.8 Å². The van der Waals surface area contributed by atoms with Crippen molar-refractivity contribution in [3.63, 3.8) is 0 Å². The molecular formula is C5H7F2NO. The lowest BCUT2D eigenvalue weighted by Crippen LogP contribution is -2.20. The fraction of sp³-hybridized carbons (Fsp3) is 0.800. The van der Waals surface area contributed by atoms with Gasteiger partial charge in [0.2, 0.25) is 0 Å². The Labute approximate surface area is 51.2 Å².